The Morgan fingerprint density at radius 3 is 2.94 bits per heavy atom. The van der Waals surface area contributed by atoms with Crippen LogP contribution in [0.4, 0.5) is 4.79 Å². The van der Waals surface area contributed by atoms with Crippen molar-refractivity contribution in [1.29, 1.82) is 0 Å². The van der Waals surface area contributed by atoms with Crippen LogP contribution < -0.4 is 16.0 Å². The van der Waals surface area contributed by atoms with Crippen LogP contribution in [0.2, 0.25) is 0 Å². The fourth-order valence-corrected chi connectivity index (χ4v) is 2.82. The molecule has 2 rings (SSSR count). The average Bonchev–Trinajstić information content (AvgIpc) is 2.77. The summed E-state index contributed by atoms with van der Waals surface area (Å²) in [4.78, 5) is 13.7. The number of hydrogen-bond donors (Lipinski definition) is 3. The van der Waals surface area contributed by atoms with Crippen molar-refractivity contribution in [2.75, 3.05) is 39.8 Å². The zero-order valence-corrected chi connectivity index (χ0v) is 11.9. The smallest absolute Gasteiger partial charge is 0.314 e. The summed E-state index contributed by atoms with van der Waals surface area (Å²) in [5.74, 6) is 0.794. The average molecular weight is 277 g/mol. The van der Waals surface area contributed by atoms with E-state index < -0.39 is 0 Å². The number of nitrogens with one attached hydrogen (secondary N) is 3. The standard InChI is InChI=1S/C12H24N4O.ClH/c1-13-12(17)15-11-4-6-16(9-11)8-10-3-2-5-14-7-10;/h10-11,14H,2-9H2,1H3,(H2,13,15,17);1H. The maximum Gasteiger partial charge on any atom is 0.314 e. The Hall–Kier alpha value is -0.520. The van der Waals surface area contributed by atoms with Crippen LogP contribution in [-0.4, -0.2) is 56.7 Å². The van der Waals surface area contributed by atoms with Crippen LogP contribution in [-0.2, 0) is 0 Å². The first kappa shape index (κ1) is 15.5. The first-order valence-electron chi connectivity index (χ1n) is 6.69. The van der Waals surface area contributed by atoms with E-state index in [-0.39, 0.29) is 18.4 Å². The molecule has 2 amide bonds. The number of hydrogen-bond acceptors (Lipinski definition) is 3. The Balaban J connectivity index is 0.00000162. The highest BCUT2D eigenvalue weighted by Gasteiger charge is 2.25. The van der Waals surface area contributed by atoms with Gasteiger partial charge in [0, 0.05) is 32.7 Å². The van der Waals surface area contributed by atoms with E-state index in [0.717, 1.165) is 32.0 Å². The molecule has 2 atom stereocenters. The van der Waals surface area contributed by atoms with Crippen LogP contribution in [0.1, 0.15) is 19.3 Å². The fourth-order valence-electron chi connectivity index (χ4n) is 2.82. The molecule has 18 heavy (non-hydrogen) atoms. The van der Waals surface area contributed by atoms with Gasteiger partial charge < -0.3 is 20.9 Å². The van der Waals surface area contributed by atoms with Gasteiger partial charge in [-0.05, 0) is 38.3 Å². The number of likely N-dealkylation sites (tertiary alicyclic amines) is 1. The number of rotatable bonds is 3. The largest absolute Gasteiger partial charge is 0.341 e. The van der Waals surface area contributed by atoms with Gasteiger partial charge in [-0.25, -0.2) is 4.79 Å². The van der Waals surface area contributed by atoms with E-state index in [9.17, 15) is 4.79 Å². The molecule has 0 aromatic heterocycles. The van der Waals surface area contributed by atoms with E-state index >= 15 is 0 Å². The third kappa shape index (κ3) is 4.63. The Bertz CT molecular complexity index is 258. The summed E-state index contributed by atoms with van der Waals surface area (Å²) in [7, 11) is 1.66. The van der Waals surface area contributed by atoms with Gasteiger partial charge in [0.1, 0.15) is 0 Å². The molecule has 2 aliphatic rings. The molecule has 0 radical (unpaired) electrons. The molecule has 2 saturated heterocycles. The molecule has 0 saturated carbocycles. The molecule has 2 unspecified atom stereocenters. The molecule has 0 aliphatic carbocycles. The Morgan fingerprint density at radius 1 is 1.44 bits per heavy atom. The van der Waals surface area contributed by atoms with E-state index in [1.54, 1.807) is 7.05 Å². The molecule has 106 valence electrons. The number of piperidine rings is 1. The predicted octanol–water partition coefficient (Wildman–Crippen LogP) is 0.411. The lowest BCUT2D eigenvalue weighted by Gasteiger charge is -2.27. The first-order valence-corrected chi connectivity index (χ1v) is 6.69. The zero-order valence-electron chi connectivity index (χ0n) is 11.1. The van der Waals surface area contributed by atoms with Crippen LogP contribution in [0.25, 0.3) is 0 Å². The van der Waals surface area contributed by atoms with Crippen molar-refractivity contribution >= 4 is 18.4 Å². The predicted molar refractivity (Wildman–Crippen MR) is 75.3 cm³/mol. The summed E-state index contributed by atoms with van der Waals surface area (Å²) >= 11 is 0. The summed E-state index contributed by atoms with van der Waals surface area (Å²) in [6.07, 6.45) is 3.73. The molecule has 0 aromatic rings. The Morgan fingerprint density at radius 2 is 2.28 bits per heavy atom. The van der Waals surface area contributed by atoms with Gasteiger partial charge in [-0.1, -0.05) is 0 Å². The van der Waals surface area contributed by atoms with Crippen molar-refractivity contribution in [2.24, 2.45) is 5.92 Å². The van der Waals surface area contributed by atoms with Gasteiger partial charge >= 0.3 is 6.03 Å². The van der Waals surface area contributed by atoms with Gasteiger partial charge in [0.05, 0.1) is 0 Å². The Labute approximate surface area is 115 Å². The van der Waals surface area contributed by atoms with Crippen molar-refractivity contribution in [3.8, 4) is 0 Å². The van der Waals surface area contributed by atoms with Gasteiger partial charge in [0.25, 0.3) is 0 Å². The fraction of sp³-hybridized carbons (Fsp3) is 0.917. The van der Waals surface area contributed by atoms with Crippen molar-refractivity contribution < 1.29 is 4.79 Å². The summed E-state index contributed by atoms with van der Waals surface area (Å²) in [5, 5.41) is 9.05. The summed E-state index contributed by atoms with van der Waals surface area (Å²) in [5.41, 5.74) is 0. The topological polar surface area (TPSA) is 56.4 Å². The molecule has 0 aromatic carbocycles. The van der Waals surface area contributed by atoms with Crippen LogP contribution in [0, 0.1) is 5.92 Å². The van der Waals surface area contributed by atoms with Gasteiger partial charge in [-0.2, -0.15) is 0 Å². The van der Waals surface area contributed by atoms with Crippen molar-refractivity contribution in [1.82, 2.24) is 20.9 Å². The normalized spacial score (nSPS) is 28.5. The molecular weight excluding hydrogens is 252 g/mol. The van der Waals surface area contributed by atoms with Crippen LogP contribution >= 0.6 is 12.4 Å². The number of nitrogens with zero attached hydrogens (tertiary/aromatic N) is 1. The maximum absolute atomic E-state index is 11.2. The van der Waals surface area contributed by atoms with Gasteiger partial charge in [0.2, 0.25) is 0 Å². The molecule has 2 aliphatic heterocycles. The summed E-state index contributed by atoms with van der Waals surface area (Å²) < 4.78 is 0. The molecule has 0 bridgehead atoms. The molecule has 0 spiro atoms. The van der Waals surface area contributed by atoms with E-state index in [2.05, 4.69) is 20.9 Å². The van der Waals surface area contributed by atoms with Crippen LogP contribution in [0.3, 0.4) is 0 Å². The SMILES string of the molecule is CNC(=O)NC1CCN(CC2CCCNC2)C1.Cl. The monoisotopic (exact) mass is 276 g/mol. The molecule has 5 nitrogen and oxygen atoms in total. The van der Waals surface area contributed by atoms with Gasteiger partial charge in [0.15, 0.2) is 0 Å². The number of urea groups is 1. The highest BCUT2D eigenvalue weighted by Crippen LogP contribution is 2.16. The molecule has 2 fully saturated rings. The van der Waals surface area contributed by atoms with Crippen LogP contribution in [0.15, 0.2) is 0 Å². The first-order chi connectivity index (χ1) is 8.28. The lowest BCUT2D eigenvalue weighted by atomic mass is 9.99. The van der Waals surface area contributed by atoms with Crippen molar-refractivity contribution in [3.63, 3.8) is 0 Å². The lowest BCUT2D eigenvalue weighted by Crippen LogP contribution is -2.43. The Kier molecular flexibility index (Phi) is 6.75. The van der Waals surface area contributed by atoms with E-state index in [4.69, 9.17) is 0 Å². The summed E-state index contributed by atoms with van der Waals surface area (Å²) in [6.45, 7) is 5.63. The zero-order chi connectivity index (χ0) is 12.1. The molecular formula is C12H25ClN4O. The highest BCUT2D eigenvalue weighted by molar-refractivity contribution is 5.85. The molecule has 6 heteroatoms. The summed E-state index contributed by atoms with van der Waals surface area (Å²) in [6, 6.07) is 0.266. The third-order valence-electron chi connectivity index (χ3n) is 3.75. The lowest BCUT2D eigenvalue weighted by molar-refractivity contribution is 0.230. The van der Waals surface area contributed by atoms with Crippen molar-refractivity contribution in [2.45, 2.75) is 25.3 Å². The molecule has 2 heterocycles. The second kappa shape index (κ2) is 7.81. The number of halogens is 1. The van der Waals surface area contributed by atoms with E-state index in [0.29, 0.717) is 6.04 Å². The van der Waals surface area contributed by atoms with Crippen molar-refractivity contribution in [3.05, 3.63) is 0 Å². The second-order valence-corrected chi connectivity index (χ2v) is 5.18. The minimum absolute atomic E-state index is 0. The van der Waals surface area contributed by atoms with Gasteiger partial charge in [-0.15, -0.1) is 12.4 Å². The highest BCUT2D eigenvalue weighted by atomic mass is 35.5. The minimum Gasteiger partial charge on any atom is -0.341 e. The maximum atomic E-state index is 11.2. The van der Waals surface area contributed by atoms with Gasteiger partial charge in [-0.3, -0.25) is 0 Å². The second-order valence-electron chi connectivity index (χ2n) is 5.18. The number of carbonyl (C=O) groups is 1. The number of amides is 2. The molecule has 3 N–H and O–H groups in total. The quantitative estimate of drug-likeness (QED) is 0.700. The minimum atomic E-state index is -0.0591. The van der Waals surface area contributed by atoms with E-state index in [1.807, 2.05) is 0 Å². The van der Waals surface area contributed by atoms with E-state index in [1.165, 1.54) is 25.9 Å². The number of carbonyl (C=O) groups excluding carboxylic acids is 1. The third-order valence-corrected chi connectivity index (χ3v) is 3.75. The van der Waals surface area contributed by atoms with Crippen LogP contribution in [0.5, 0.6) is 0 Å².